The molecule has 0 aliphatic heterocycles. The van der Waals surface area contributed by atoms with Crippen LogP contribution in [0.2, 0.25) is 0 Å². The molecule has 7 unspecified atom stereocenters. The van der Waals surface area contributed by atoms with Gasteiger partial charge in [0.2, 0.25) is 5.78 Å². The molecule has 2 aliphatic rings. The van der Waals surface area contributed by atoms with Crippen molar-refractivity contribution < 1.29 is 54.2 Å². The van der Waals surface area contributed by atoms with Gasteiger partial charge >= 0.3 is 6.16 Å². The van der Waals surface area contributed by atoms with E-state index in [0.29, 0.717) is 5.57 Å². The normalized spacial score (nSPS) is 24.8. The molecule has 1 fully saturated rings. The largest absolute Gasteiger partial charge is 0.509 e. The summed E-state index contributed by atoms with van der Waals surface area (Å²) >= 11 is 0. The zero-order valence-corrected chi connectivity index (χ0v) is 35.6. The Morgan fingerprint density at radius 1 is 0.759 bits per heavy atom. The van der Waals surface area contributed by atoms with Crippen molar-refractivity contribution in [2.75, 3.05) is 13.2 Å². The number of hydrogen-bond acceptors (Lipinski definition) is 11. The summed E-state index contributed by atoms with van der Waals surface area (Å²) in [6, 6.07) is 0. The quantitative estimate of drug-likeness (QED) is 0.0602. The van der Waals surface area contributed by atoms with Crippen molar-refractivity contribution >= 4 is 23.5 Å². The highest BCUT2D eigenvalue weighted by Crippen LogP contribution is 2.42. The predicted molar refractivity (Wildman–Crippen MR) is 225 cm³/mol. The summed E-state index contributed by atoms with van der Waals surface area (Å²) in [5.41, 5.74) is 4.55. The lowest BCUT2D eigenvalue weighted by atomic mass is 9.63. The van der Waals surface area contributed by atoms with Gasteiger partial charge in [0, 0.05) is 18.8 Å². The third kappa shape index (κ3) is 15.0. The van der Waals surface area contributed by atoms with Crippen LogP contribution in [-0.4, -0.2) is 92.8 Å². The van der Waals surface area contributed by atoms with E-state index < -0.39 is 55.3 Å². The van der Waals surface area contributed by atoms with Crippen molar-refractivity contribution in [3.63, 3.8) is 0 Å². The first-order valence-corrected chi connectivity index (χ1v) is 19.6. The number of rotatable bonds is 17. The maximum absolute atomic E-state index is 13.2. The molecule has 5 N–H and O–H groups in total. The third-order valence-electron chi connectivity index (χ3n) is 10.5. The molecule has 11 nitrogen and oxygen atoms in total. The van der Waals surface area contributed by atoms with E-state index in [1.54, 1.807) is 6.92 Å². The number of ketones is 3. The van der Waals surface area contributed by atoms with Crippen LogP contribution in [-0.2, 0) is 23.9 Å². The molecule has 318 valence electrons. The Hall–Kier alpha value is -4.52. The maximum Gasteiger partial charge on any atom is 0.509 e. The maximum atomic E-state index is 13.2. The minimum absolute atomic E-state index is 0.00977. The Labute approximate surface area is 343 Å². The number of Topliss-reactive ketones (excluding diaryl/α,β-unsaturated/α-hetero) is 3. The second-order valence-corrected chi connectivity index (χ2v) is 16.7. The fourth-order valence-corrected chi connectivity index (χ4v) is 6.91. The van der Waals surface area contributed by atoms with E-state index in [1.807, 2.05) is 141 Å². The first-order valence-electron chi connectivity index (χ1n) is 19.6. The third-order valence-corrected chi connectivity index (χ3v) is 10.5. The molecule has 11 heteroatoms. The minimum Gasteiger partial charge on any atom is -0.431 e. The second-order valence-electron chi connectivity index (χ2n) is 16.7. The predicted octanol–water partition coefficient (Wildman–Crippen LogP) is 6.65. The van der Waals surface area contributed by atoms with Crippen molar-refractivity contribution in [1.29, 1.82) is 0 Å². The van der Waals surface area contributed by atoms with E-state index in [1.165, 1.54) is 0 Å². The Morgan fingerprint density at radius 2 is 1.26 bits per heavy atom. The van der Waals surface area contributed by atoms with Gasteiger partial charge in [0.1, 0.15) is 31.0 Å². The second kappa shape index (κ2) is 22.6. The fraction of sp³-hybridized carbons (Fsp3) is 0.489. The summed E-state index contributed by atoms with van der Waals surface area (Å²) in [5, 5.41) is 48.0. The number of carbonyl (C=O) groups excluding carboxylic acids is 4. The van der Waals surface area contributed by atoms with Crippen molar-refractivity contribution in [2.24, 2.45) is 22.7 Å². The molecule has 0 radical (unpaired) electrons. The molecule has 0 heterocycles. The number of hydrogen-bond donors (Lipinski definition) is 5. The van der Waals surface area contributed by atoms with Crippen LogP contribution in [0.1, 0.15) is 82.1 Å². The number of allylic oxidation sites excluding steroid dienone is 19. The van der Waals surface area contributed by atoms with Gasteiger partial charge < -0.3 is 35.0 Å². The number of aliphatic hydroxyl groups excluding tert-OH is 5. The molecule has 0 aromatic heterocycles. The van der Waals surface area contributed by atoms with Crippen LogP contribution in [0.4, 0.5) is 4.79 Å². The number of ether oxygens (including phenoxy) is 2. The van der Waals surface area contributed by atoms with Crippen molar-refractivity contribution in [1.82, 2.24) is 0 Å². The van der Waals surface area contributed by atoms with E-state index in [2.05, 4.69) is 6.08 Å². The number of aliphatic hydroxyl groups is 5. The molecular weight excluding hydrogens is 741 g/mol. The van der Waals surface area contributed by atoms with Crippen molar-refractivity contribution in [3.8, 4) is 0 Å². The Kier molecular flexibility index (Phi) is 19.3. The molecule has 2 aliphatic carbocycles. The molecule has 0 spiro atoms. The monoisotopic (exact) mass is 804 g/mol. The lowest BCUT2D eigenvalue weighted by molar-refractivity contribution is -0.145. The van der Waals surface area contributed by atoms with Gasteiger partial charge in [-0.2, -0.15) is 0 Å². The van der Waals surface area contributed by atoms with Crippen LogP contribution in [0.15, 0.2) is 119 Å². The SMILES string of the molecule is CC(C=CC1C(C)C(=O)C(=O)CC1(C)C)=C/C=C/C(C)=C/C=C/C=C(C)/C=C/C=C(\C)C=CC1=C(C)C(=O)C(OC(=O)OCC(O)C(O)C(O)C(O)CO)CC1(C)C. The topological polar surface area (TPSA) is 188 Å². The fourth-order valence-electron chi connectivity index (χ4n) is 6.91. The molecule has 0 bridgehead atoms. The number of carbonyl (C=O) groups is 4. The lowest BCUT2D eigenvalue weighted by Crippen LogP contribution is -2.47. The van der Waals surface area contributed by atoms with E-state index in [9.17, 15) is 39.6 Å². The van der Waals surface area contributed by atoms with Gasteiger partial charge in [0.05, 0.1) is 6.61 Å². The summed E-state index contributed by atoms with van der Waals surface area (Å²) in [7, 11) is 0. The summed E-state index contributed by atoms with van der Waals surface area (Å²) in [6.45, 7) is 17.8. The van der Waals surface area contributed by atoms with Gasteiger partial charge in [0.15, 0.2) is 17.7 Å². The van der Waals surface area contributed by atoms with Crippen LogP contribution in [0, 0.1) is 22.7 Å². The zero-order chi connectivity index (χ0) is 44.0. The first-order chi connectivity index (χ1) is 27.0. The first kappa shape index (κ1) is 49.6. The van der Waals surface area contributed by atoms with Gasteiger partial charge in [-0.15, -0.1) is 0 Å². The summed E-state index contributed by atoms with van der Waals surface area (Å²) in [5.74, 6) is -1.24. The molecule has 58 heavy (non-hydrogen) atoms. The standard InChI is InChI=1S/C47H64O11/c1-29(17-13-19-31(3)21-23-35-33(5)41(52)37(49)25-46(35,7)8)15-11-12-16-30(2)18-14-20-32(4)22-24-36-34(6)42(53)40(26-47(36,9)10)58-45(56)57-28-39(51)44(55)43(54)38(50)27-48/h11-24,33,35,38-40,43-44,48,50-51,54-55H,25-28H2,1-10H3/b12-11+,17-13+,18-14+,23-21?,24-22?,29-15+,30-16+,31-19?,32-20+. The van der Waals surface area contributed by atoms with Crippen LogP contribution in [0.25, 0.3) is 0 Å². The van der Waals surface area contributed by atoms with Gasteiger partial charge in [0.25, 0.3) is 0 Å². The zero-order valence-electron chi connectivity index (χ0n) is 35.6. The molecule has 1 saturated carbocycles. The average molecular weight is 805 g/mol. The van der Waals surface area contributed by atoms with Crippen LogP contribution >= 0.6 is 0 Å². The highest BCUT2D eigenvalue weighted by molar-refractivity contribution is 6.38. The van der Waals surface area contributed by atoms with Crippen molar-refractivity contribution in [2.45, 2.75) is 113 Å². The van der Waals surface area contributed by atoms with Gasteiger partial charge in [-0.1, -0.05) is 142 Å². The van der Waals surface area contributed by atoms with Gasteiger partial charge in [-0.25, -0.2) is 4.79 Å². The molecular formula is C47H64O11. The van der Waals surface area contributed by atoms with Gasteiger partial charge in [-0.05, 0) is 62.5 Å². The van der Waals surface area contributed by atoms with Crippen molar-refractivity contribution in [3.05, 3.63) is 119 Å². The van der Waals surface area contributed by atoms with E-state index in [0.717, 1.165) is 27.9 Å². The molecule has 7 atom stereocenters. The Bertz CT molecular complexity index is 1810. The Balaban J connectivity index is 1.94. The minimum atomic E-state index is -1.91. The Morgan fingerprint density at radius 3 is 1.81 bits per heavy atom. The lowest BCUT2D eigenvalue weighted by Gasteiger charge is -2.39. The average Bonchev–Trinajstić information content (AvgIpc) is 3.15. The highest BCUT2D eigenvalue weighted by atomic mass is 16.7. The van der Waals surface area contributed by atoms with E-state index in [4.69, 9.17) is 14.6 Å². The molecule has 0 saturated heterocycles. The highest BCUT2D eigenvalue weighted by Gasteiger charge is 2.44. The molecule has 2 rings (SSSR count). The van der Waals surface area contributed by atoms with E-state index in [-0.39, 0.29) is 47.4 Å². The molecule has 0 aromatic carbocycles. The van der Waals surface area contributed by atoms with Gasteiger partial charge in [-0.3, -0.25) is 14.4 Å². The molecule has 0 aromatic rings. The van der Waals surface area contributed by atoms with Crippen LogP contribution < -0.4 is 0 Å². The molecule has 0 amide bonds. The summed E-state index contributed by atoms with van der Waals surface area (Å²) in [6.07, 6.45) is 18.6. The summed E-state index contributed by atoms with van der Waals surface area (Å²) in [4.78, 5) is 49.7. The van der Waals surface area contributed by atoms with E-state index >= 15 is 0 Å². The summed E-state index contributed by atoms with van der Waals surface area (Å²) < 4.78 is 10.1. The van der Waals surface area contributed by atoms with Crippen LogP contribution in [0.3, 0.4) is 0 Å². The van der Waals surface area contributed by atoms with Crippen LogP contribution in [0.5, 0.6) is 0 Å². The smallest absolute Gasteiger partial charge is 0.431 e.